The van der Waals surface area contributed by atoms with E-state index in [1.54, 1.807) is 21.3 Å². The van der Waals surface area contributed by atoms with Gasteiger partial charge in [0.2, 0.25) is 0 Å². The lowest BCUT2D eigenvalue weighted by Gasteiger charge is -2.34. The summed E-state index contributed by atoms with van der Waals surface area (Å²) in [6, 6.07) is 9.49. The molecular weight excluding hydrogens is 302 g/mol. The monoisotopic (exact) mass is 339 g/mol. The Hall–Kier alpha value is -1.10. The molecule has 0 aromatic heterocycles. The van der Waals surface area contributed by atoms with Crippen LogP contribution >= 0.6 is 0 Å². The number of nitrogens with two attached hydrogens (primary N) is 1. The molecule has 0 radical (unpaired) electrons. The summed E-state index contributed by atoms with van der Waals surface area (Å²) in [7, 11) is 4.89. The third-order valence-corrected chi connectivity index (χ3v) is 4.25. The standard InChI is InChI=1S/C14H30O3.C6H7N/c1-6-7-8-9-10-11-12-13(2)14(15-3,16-4)17-5;7-6-4-2-1-3-5-6/h13H,6-12H2,1-5H3;1-5H,7H2. The summed E-state index contributed by atoms with van der Waals surface area (Å²) in [5, 5.41) is 0. The molecule has 0 aliphatic rings. The van der Waals surface area contributed by atoms with Gasteiger partial charge in [-0.3, -0.25) is 0 Å². The molecule has 0 saturated carbocycles. The second-order valence-electron chi connectivity index (χ2n) is 6.08. The van der Waals surface area contributed by atoms with Crippen LogP contribution in [0.4, 0.5) is 5.69 Å². The molecule has 0 aliphatic heterocycles. The Kier molecular flexibility index (Phi) is 13.6. The van der Waals surface area contributed by atoms with Gasteiger partial charge in [0.25, 0.3) is 5.97 Å². The number of methoxy groups -OCH3 is 3. The van der Waals surface area contributed by atoms with Crippen LogP contribution < -0.4 is 5.73 Å². The van der Waals surface area contributed by atoms with Crippen molar-refractivity contribution < 1.29 is 14.2 Å². The molecule has 0 fully saturated rings. The predicted molar refractivity (Wildman–Crippen MR) is 102 cm³/mol. The Balaban J connectivity index is 0.000000620. The van der Waals surface area contributed by atoms with Gasteiger partial charge in [-0.2, -0.15) is 0 Å². The average Bonchev–Trinajstić information content (AvgIpc) is 2.61. The van der Waals surface area contributed by atoms with Crippen LogP contribution in [-0.2, 0) is 14.2 Å². The van der Waals surface area contributed by atoms with Crippen molar-refractivity contribution in [3.63, 3.8) is 0 Å². The SMILES string of the molecule is CCCCCCCCC(C)C(OC)(OC)OC.Nc1ccccc1. The average molecular weight is 340 g/mol. The highest BCUT2D eigenvalue weighted by molar-refractivity contribution is 5.35. The molecule has 1 atom stereocenters. The van der Waals surface area contributed by atoms with Crippen molar-refractivity contribution in [2.45, 2.75) is 64.8 Å². The summed E-state index contributed by atoms with van der Waals surface area (Å²) < 4.78 is 16.0. The minimum atomic E-state index is -0.872. The molecule has 0 aliphatic carbocycles. The Morgan fingerprint density at radius 2 is 1.38 bits per heavy atom. The lowest BCUT2D eigenvalue weighted by atomic mass is 9.99. The summed E-state index contributed by atoms with van der Waals surface area (Å²) in [5.41, 5.74) is 6.18. The minimum absolute atomic E-state index is 0.244. The van der Waals surface area contributed by atoms with E-state index >= 15 is 0 Å². The normalized spacial score (nSPS) is 12.4. The molecule has 4 nitrogen and oxygen atoms in total. The molecule has 1 rings (SSSR count). The van der Waals surface area contributed by atoms with E-state index in [1.165, 1.54) is 38.5 Å². The number of ether oxygens (including phenoxy) is 3. The zero-order valence-corrected chi connectivity index (χ0v) is 16.2. The lowest BCUT2D eigenvalue weighted by Crippen LogP contribution is -2.42. The van der Waals surface area contributed by atoms with Crippen LogP contribution in [-0.4, -0.2) is 27.3 Å². The van der Waals surface area contributed by atoms with E-state index in [9.17, 15) is 0 Å². The molecule has 0 saturated heterocycles. The molecule has 0 heterocycles. The zero-order chi connectivity index (χ0) is 18.3. The van der Waals surface area contributed by atoms with Crippen molar-refractivity contribution in [1.82, 2.24) is 0 Å². The number of benzene rings is 1. The van der Waals surface area contributed by atoms with E-state index < -0.39 is 5.97 Å². The van der Waals surface area contributed by atoms with Gasteiger partial charge in [0.1, 0.15) is 0 Å². The third-order valence-electron chi connectivity index (χ3n) is 4.25. The van der Waals surface area contributed by atoms with Gasteiger partial charge in [-0.15, -0.1) is 0 Å². The topological polar surface area (TPSA) is 53.7 Å². The maximum absolute atomic E-state index is 5.36. The van der Waals surface area contributed by atoms with E-state index in [1.807, 2.05) is 30.3 Å². The zero-order valence-electron chi connectivity index (χ0n) is 16.2. The van der Waals surface area contributed by atoms with Crippen LogP contribution in [0.25, 0.3) is 0 Å². The summed E-state index contributed by atoms with van der Waals surface area (Å²) >= 11 is 0. The maximum atomic E-state index is 5.36. The van der Waals surface area contributed by atoms with Gasteiger partial charge in [-0.05, 0) is 18.6 Å². The Labute approximate surface area is 148 Å². The second kappa shape index (κ2) is 14.3. The summed E-state index contributed by atoms with van der Waals surface area (Å²) in [4.78, 5) is 0. The fourth-order valence-electron chi connectivity index (χ4n) is 2.71. The van der Waals surface area contributed by atoms with Crippen LogP contribution in [0.15, 0.2) is 30.3 Å². The molecule has 1 unspecified atom stereocenters. The lowest BCUT2D eigenvalue weighted by molar-refractivity contribution is -0.377. The number of nitrogen functional groups attached to an aromatic ring is 1. The van der Waals surface area contributed by atoms with Crippen LogP contribution in [0.5, 0.6) is 0 Å². The highest BCUT2D eigenvalue weighted by atomic mass is 16.9. The van der Waals surface area contributed by atoms with Crippen molar-refractivity contribution in [3.8, 4) is 0 Å². The smallest absolute Gasteiger partial charge is 0.284 e. The van der Waals surface area contributed by atoms with Crippen LogP contribution in [0, 0.1) is 5.92 Å². The number of para-hydroxylation sites is 1. The van der Waals surface area contributed by atoms with Crippen molar-refractivity contribution in [2.24, 2.45) is 5.92 Å². The Morgan fingerprint density at radius 1 is 0.875 bits per heavy atom. The van der Waals surface area contributed by atoms with Gasteiger partial charge in [0.05, 0.1) is 0 Å². The summed E-state index contributed by atoms with van der Waals surface area (Å²) in [6.07, 6.45) is 8.92. The fraction of sp³-hybridized carbons (Fsp3) is 0.700. The van der Waals surface area contributed by atoms with Gasteiger partial charge in [0, 0.05) is 32.9 Å². The molecule has 0 spiro atoms. The molecule has 1 aromatic carbocycles. The number of hydrogen-bond donors (Lipinski definition) is 1. The summed E-state index contributed by atoms with van der Waals surface area (Å²) in [6.45, 7) is 4.36. The molecule has 4 heteroatoms. The van der Waals surface area contributed by atoms with Crippen molar-refractivity contribution in [3.05, 3.63) is 30.3 Å². The molecule has 0 bridgehead atoms. The van der Waals surface area contributed by atoms with Crippen LogP contribution in [0.2, 0.25) is 0 Å². The van der Waals surface area contributed by atoms with Gasteiger partial charge in [-0.1, -0.05) is 70.6 Å². The Morgan fingerprint density at radius 3 is 1.79 bits per heavy atom. The highest BCUT2D eigenvalue weighted by Crippen LogP contribution is 2.27. The molecular formula is C20H37NO3. The number of unbranched alkanes of at least 4 members (excludes halogenated alkanes) is 5. The molecule has 1 aromatic rings. The molecule has 2 N–H and O–H groups in total. The molecule has 24 heavy (non-hydrogen) atoms. The highest BCUT2D eigenvalue weighted by Gasteiger charge is 2.36. The quantitative estimate of drug-likeness (QED) is 0.340. The number of rotatable bonds is 11. The van der Waals surface area contributed by atoms with E-state index in [2.05, 4.69) is 13.8 Å². The van der Waals surface area contributed by atoms with Crippen LogP contribution in [0.3, 0.4) is 0 Å². The van der Waals surface area contributed by atoms with Gasteiger partial charge >= 0.3 is 0 Å². The predicted octanol–water partition coefficient (Wildman–Crippen LogP) is 5.23. The first-order chi connectivity index (χ1) is 11.6. The largest absolute Gasteiger partial charge is 0.399 e. The molecule has 140 valence electrons. The van der Waals surface area contributed by atoms with E-state index in [0.29, 0.717) is 0 Å². The van der Waals surface area contributed by atoms with E-state index in [-0.39, 0.29) is 5.92 Å². The first kappa shape index (κ1) is 22.9. The van der Waals surface area contributed by atoms with Crippen LogP contribution in [0.1, 0.15) is 58.8 Å². The fourth-order valence-corrected chi connectivity index (χ4v) is 2.71. The van der Waals surface area contributed by atoms with Crippen molar-refractivity contribution >= 4 is 5.69 Å². The van der Waals surface area contributed by atoms with Crippen molar-refractivity contribution in [2.75, 3.05) is 27.1 Å². The van der Waals surface area contributed by atoms with E-state index in [4.69, 9.17) is 19.9 Å². The second-order valence-corrected chi connectivity index (χ2v) is 6.08. The summed E-state index contributed by atoms with van der Waals surface area (Å²) in [5.74, 6) is -0.627. The van der Waals surface area contributed by atoms with Gasteiger partial charge in [0.15, 0.2) is 0 Å². The number of hydrogen-bond acceptors (Lipinski definition) is 4. The Bertz CT molecular complexity index is 371. The number of anilines is 1. The molecule has 0 amide bonds. The van der Waals surface area contributed by atoms with Gasteiger partial charge in [-0.25, -0.2) is 0 Å². The maximum Gasteiger partial charge on any atom is 0.284 e. The van der Waals surface area contributed by atoms with Gasteiger partial charge < -0.3 is 19.9 Å². The minimum Gasteiger partial charge on any atom is -0.399 e. The van der Waals surface area contributed by atoms with E-state index in [0.717, 1.165) is 12.1 Å². The first-order valence-electron chi connectivity index (χ1n) is 9.02. The van der Waals surface area contributed by atoms with Crippen molar-refractivity contribution in [1.29, 1.82) is 0 Å². The first-order valence-corrected chi connectivity index (χ1v) is 9.02. The third kappa shape index (κ3) is 9.26.